The number of para-hydroxylation sites is 1. The molecule has 1 aliphatic rings. The minimum absolute atomic E-state index is 0.0543. The molecule has 0 spiro atoms. The Hall–Kier alpha value is -3.48. The fraction of sp³-hybridized carbons (Fsp3) is 0.304. The summed E-state index contributed by atoms with van der Waals surface area (Å²) in [7, 11) is 1.56. The standard InChI is InChI=1S/C23H24N4O3/c1-15-16(2)25-20-14-17(8-9-19(20)24-15)22(28)26-10-12-27(13-11-26)23(29)18-6-4-5-7-21(18)30-3/h4-9,14H,10-13H2,1-3H3. The van der Waals surface area contributed by atoms with E-state index in [0.717, 1.165) is 16.9 Å². The Balaban J connectivity index is 1.46. The maximum atomic E-state index is 13.0. The predicted molar refractivity (Wildman–Crippen MR) is 114 cm³/mol. The van der Waals surface area contributed by atoms with Gasteiger partial charge in [-0.25, -0.2) is 9.97 Å². The number of fused-ring (bicyclic) bond motifs is 1. The van der Waals surface area contributed by atoms with Crippen molar-refractivity contribution < 1.29 is 14.3 Å². The van der Waals surface area contributed by atoms with E-state index in [2.05, 4.69) is 9.97 Å². The first-order valence-electron chi connectivity index (χ1n) is 9.94. The van der Waals surface area contributed by atoms with E-state index in [9.17, 15) is 9.59 Å². The summed E-state index contributed by atoms with van der Waals surface area (Å²) in [5.74, 6) is 0.427. The summed E-state index contributed by atoms with van der Waals surface area (Å²) < 4.78 is 5.30. The molecule has 0 aliphatic carbocycles. The number of amides is 2. The van der Waals surface area contributed by atoms with Gasteiger partial charge in [-0.05, 0) is 44.2 Å². The lowest BCUT2D eigenvalue weighted by atomic mass is 10.1. The van der Waals surface area contributed by atoms with Crippen LogP contribution in [0.25, 0.3) is 11.0 Å². The van der Waals surface area contributed by atoms with Crippen molar-refractivity contribution in [1.29, 1.82) is 0 Å². The Morgan fingerprint density at radius 3 is 2.10 bits per heavy atom. The topological polar surface area (TPSA) is 75.6 Å². The van der Waals surface area contributed by atoms with Crippen molar-refractivity contribution in [2.24, 2.45) is 0 Å². The first-order chi connectivity index (χ1) is 14.5. The van der Waals surface area contributed by atoms with Crippen molar-refractivity contribution >= 4 is 22.8 Å². The highest BCUT2D eigenvalue weighted by Crippen LogP contribution is 2.21. The molecule has 7 heteroatoms. The molecule has 0 unspecified atom stereocenters. The number of aryl methyl sites for hydroxylation is 2. The maximum absolute atomic E-state index is 13.0. The first kappa shape index (κ1) is 19.8. The quantitative estimate of drug-likeness (QED) is 0.671. The van der Waals surface area contributed by atoms with Gasteiger partial charge in [0.1, 0.15) is 5.75 Å². The largest absolute Gasteiger partial charge is 0.496 e. The first-order valence-corrected chi connectivity index (χ1v) is 9.94. The van der Waals surface area contributed by atoms with Crippen molar-refractivity contribution in [3.63, 3.8) is 0 Å². The minimum atomic E-state index is -0.0774. The van der Waals surface area contributed by atoms with Crippen LogP contribution in [0.15, 0.2) is 42.5 Å². The molecule has 0 bridgehead atoms. The number of benzene rings is 2. The second kappa shape index (κ2) is 8.10. The molecule has 0 radical (unpaired) electrons. The van der Waals surface area contributed by atoms with Crippen LogP contribution in [0.5, 0.6) is 5.75 Å². The van der Waals surface area contributed by atoms with Gasteiger partial charge in [-0.15, -0.1) is 0 Å². The molecule has 154 valence electrons. The number of ether oxygens (including phenoxy) is 1. The highest BCUT2D eigenvalue weighted by molar-refractivity contribution is 5.98. The molecule has 0 saturated carbocycles. The monoisotopic (exact) mass is 404 g/mol. The van der Waals surface area contributed by atoms with E-state index in [-0.39, 0.29) is 11.8 Å². The van der Waals surface area contributed by atoms with Crippen molar-refractivity contribution in [3.8, 4) is 5.75 Å². The molecule has 0 atom stereocenters. The van der Waals surface area contributed by atoms with Gasteiger partial charge in [0.2, 0.25) is 0 Å². The van der Waals surface area contributed by atoms with Crippen LogP contribution >= 0.6 is 0 Å². The number of piperazine rings is 1. The zero-order valence-corrected chi connectivity index (χ0v) is 17.4. The van der Waals surface area contributed by atoms with E-state index in [1.165, 1.54) is 0 Å². The SMILES string of the molecule is COc1ccccc1C(=O)N1CCN(C(=O)c2ccc3nc(C)c(C)nc3c2)CC1. The molecule has 1 fully saturated rings. The van der Waals surface area contributed by atoms with Crippen LogP contribution in [0.4, 0.5) is 0 Å². The number of aromatic nitrogens is 2. The minimum Gasteiger partial charge on any atom is -0.496 e. The number of rotatable bonds is 3. The van der Waals surface area contributed by atoms with Crippen LogP contribution in [-0.2, 0) is 0 Å². The lowest BCUT2D eigenvalue weighted by Gasteiger charge is -2.35. The van der Waals surface area contributed by atoms with Gasteiger partial charge in [0.05, 0.1) is 35.1 Å². The van der Waals surface area contributed by atoms with Gasteiger partial charge in [-0.2, -0.15) is 0 Å². The summed E-state index contributed by atoms with van der Waals surface area (Å²) in [6.07, 6.45) is 0. The van der Waals surface area contributed by atoms with Gasteiger partial charge in [-0.1, -0.05) is 12.1 Å². The molecule has 3 aromatic rings. The third kappa shape index (κ3) is 3.70. The summed E-state index contributed by atoms with van der Waals surface area (Å²) in [5.41, 5.74) is 4.37. The Bertz CT molecular complexity index is 1120. The van der Waals surface area contributed by atoms with Crippen LogP contribution in [0, 0.1) is 13.8 Å². The molecule has 30 heavy (non-hydrogen) atoms. The molecule has 1 saturated heterocycles. The van der Waals surface area contributed by atoms with Gasteiger partial charge < -0.3 is 14.5 Å². The second-order valence-electron chi connectivity index (χ2n) is 7.38. The maximum Gasteiger partial charge on any atom is 0.257 e. The third-order valence-electron chi connectivity index (χ3n) is 5.51. The predicted octanol–water partition coefficient (Wildman–Crippen LogP) is 2.85. The summed E-state index contributed by atoms with van der Waals surface area (Å²) in [5, 5.41) is 0. The van der Waals surface area contributed by atoms with Crippen LogP contribution in [0.2, 0.25) is 0 Å². The van der Waals surface area contributed by atoms with E-state index < -0.39 is 0 Å². The lowest BCUT2D eigenvalue weighted by molar-refractivity contribution is 0.0533. The molecule has 1 aromatic heterocycles. The summed E-state index contributed by atoms with van der Waals surface area (Å²) in [6, 6.07) is 12.6. The summed E-state index contributed by atoms with van der Waals surface area (Å²) in [6.45, 7) is 5.76. The van der Waals surface area contributed by atoms with Crippen molar-refractivity contribution in [2.75, 3.05) is 33.3 Å². The van der Waals surface area contributed by atoms with Crippen LogP contribution in [-0.4, -0.2) is 64.9 Å². The molecule has 2 aromatic carbocycles. The van der Waals surface area contributed by atoms with Crippen LogP contribution in [0.3, 0.4) is 0 Å². The van der Waals surface area contributed by atoms with Crippen LogP contribution in [0.1, 0.15) is 32.1 Å². The van der Waals surface area contributed by atoms with Gasteiger partial charge in [0.15, 0.2) is 0 Å². The van der Waals surface area contributed by atoms with E-state index in [1.807, 2.05) is 32.0 Å². The fourth-order valence-corrected chi connectivity index (χ4v) is 3.65. The van der Waals surface area contributed by atoms with Crippen LogP contribution < -0.4 is 4.74 Å². The average molecular weight is 404 g/mol. The van der Waals surface area contributed by atoms with Gasteiger partial charge >= 0.3 is 0 Å². The smallest absolute Gasteiger partial charge is 0.257 e. The van der Waals surface area contributed by atoms with E-state index in [4.69, 9.17) is 4.74 Å². The Morgan fingerprint density at radius 1 is 0.833 bits per heavy atom. The molecule has 0 N–H and O–H groups in total. The molecular weight excluding hydrogens is 380 g/mol. The number of methoxy groups -OCH3 is 1. The van der Waals surface area contributed by atoms with Crippen molar-refractivity contribution in [2.45, 2.75) is 13.8 Å². The molecule has 2 amide bonds. The zero-order chi connectivity index (χ0) is 21.3. The third-order valence-corrected chi connectivity index (χ3v) is 5.51. The number of carbonyl (C=O) groups excluding carboxylic acids is 2. The molecule has 7 nitrogen and oxygen atoms in total. The lowest BCUT2D eigenvalue weighted by Crippen LogP contribution is -2.50. The second-order valence-corrected chi connectivity index (χ2v) is 7.38. The Kier molecular flexibility index (Phi) is 5.35. The summed E-state index contributed by atoms with van der Waals surface area (Å²) in [4.78, 5) is 38.5. The molecular formula is C23H24N4O3. The number of hydrogen-bond donors (Lipinski definition) is 0. The Morgan fingerprint density at radius 2 is 1.43 bits per heavy atom. The van der Waals surface area contributed by atoms with Gasteiger partial charge in [0, 0.05) is 31.7 Å². The van der Waals surface area contributed by atoms with E-state index in [1.54, 1.807) is 41.2 Å². The van der Waals surface area contributed by atoms with Gasteiger partial charge in [-0.3, -0.25) is 9.59 Å². The highest BCUT2D eigenvalue weighted by Gasteiger charge is 2.27. The molecule has 1 aliphatic heterocycles. The normalized spacial score (nSPS) is 14.1. The molecule has 4 rings (SSSR count). The number of carbonyl (C=O) groups is 2. The van der Waals surface area contributed by atoms with Gasteiger partial charge in [0.25, 0.3) is 11.8 Å². The highest BCUT2D eigenvalue weighted by atomic mass is 16.5. The fourth-order valence-electron chi connectivity index (χ4n) is 3.65. The average Bonchev–Trinajstić information content (AvgIpc) is 2.78. The van der Waals surface area contributed by atoms with Crippen molar-refractivity contribution in [3.05, 3.63) is 65.0 Å². The van der Waals surface area contributed by atoms with Crippen molar-refractivity contribution in [1.82, 2.24) is 19.8 Å². The number of hydrogen-bond acceptors (Lipinski definition) is 5. The van der Waals surface area contributed by atoms with E-state index in [0.29, 0.717) is 48.6 Å². The molecule has 2 heterocycles. The summed E-state index contributed by atoms with van der Waals surface area (Å²) >= 11 is 0. The zero-order valence-electron chi connectivity index (χ0n) is 17.4. The Labute approximate surface area is 175 Å². The number of nitrogens with zero attached hydrogens (tertiary/aromatic N) is 4. The van der Waals surface area contributed by atoms with E-state index >= 15 is 0 Å².